The molecule has 282 valence electrons. The summed E-state index contributed by atoms with van der Waals surface area (Å²) < 4.78 is 104. The van der Waals surface area contributed by atoms with E-state index in [0.29, 0.717) is 49.1 Å². The van der Waals surface area contributed by atoms with Crippen LogP contribution in [0.5, 0.6) is 11.5 Å². The Morgan fingerprint density at radius 2 is 1.38 bits per heavy atom. The van der Waals surface area contributed by atoms with Gasteiger partial charge in [0.15, 0.2) is 0 Å². The molecule has 1 aromatic heterocycles. The van der Waals surface area contributed by atoms with E-state index in [4.69, 9.17) is 26.2 Å². The Bertz CT molecular complexity index is 2170. The maximum atomic E-state index is 12.8. The van der Waals surface area contributed by atoms with Crippen LogP contribution in [0.1, 0.15) is 64.4 Å². The van der Waals surface area contributed by atoms with E-state index in [2.05, 4.69) is 25.3 Å². The third-order valence-electron chi connectivity index (χ3n) is 7.77. The first-order valence-corrected chi connectivity index (χ1v) is 18.7. The van der Waals surface area contributed by atoms with Gasteiger partial charge in [-0.15, -0.1) is 0 Å². The molecule has 0 saturated carbocycles. The topological polar surface area (TPSA) is 147 Å². The van der Waals surface area contributed by atoms with Crippen LogP contribution >= 0.6 is 0 Å². The third-order valence-corrected chi connectivity index (χ3v) is 9.52. The highest BCUT2D eigenvalue weighted by molar-refractivity contribution is 7.89. The minimum absolute atomic E-state index is 0. The van der Waals surface area contributed by atoms with Crippen molar-refractivity contribution in [1.82, 2.24) is 24.5 Å². The van der Waals surface area contributed by atoms with Gasteiger partial charge < -0.3 is 27.3 Å². The lowest BCUT2D eigenvalue weighted by atomic mass is 10.1. The summed E-state index contributed by atoms with van der Waals surface area (Å²) in [5.74, 6) is 1.22. The van der Waals surface area contributed by atoms with Crippen LogP contribution in [0.4, 0.5) is 28.8 Å². The molecule has 12 nitrogen and oxygen atoms in total. The number of nitrogen functional groups attached to an aromatic ring is 1. The average Bonchev–Trinajstić information content (AvgIpc) is 3.91. The van der Waals surface area contributed by atoms with Crippen LogP contribution in [0, 0.1) is 6.92 Å². The Hall–Kier alpha value is -4.43. The van der Waals surface area contributed by atoms with Gasteiger partial charge in [-0.05, 0) is 146 Å². The zero-order chi connectivity index (χ0) is 44.1. The number of hydrogen-bond donors (Lipinski definition) is 4. The number of aryl methyl sites for hydroxylation is 1. The van der Waals surface area contributed by atoms with E-state index >= 15 is 0 Å². The van der Waals surface area contributed by atoms with Gasteiger partial charge in [-0.25, -0.2) is 18.1 Å². The van der Waals surface area contributed by atoms with Crippen LogP contribution in [0.15, 0.2) is 83.9 Å². The number of sulfonamides is 1. The van der Waals surface area contributed by atoms with Gasteiger partial charge in [0, 0.05) is 52.8 Å². The highest BCUT2D eigenvalue weighted by Crippen LogP contribution is 2.24. The average molecular weight is 742 g/mol. The summed E-state index contributed by atoms with van der Waals surface area (Å²) in [6, 6.07) is 19.1. The summed E-state index contributed by atoms with van der Waals surface area (Å²) >= 11 is 0. The second kappa shape index (κ2) is 18.4. The second-order valence-electron chi connectivity index (χ2n) is 13.5. The lowest BCUT2D eigenvalue weighted by Gasteiger charge is -2.20. The number of nitrogens with two attached hydrogens (primary N) is 1. The second-order valence-corrected chi connectivity index (χ2v) is 15.2. The molecule has 0 atom stereocenters. The first-order valence-electron chi connectivity index (χ1n) is 21.2. The van der Waals surface area contributed by atoms with E-state index in [0.717, 1.165) is 31.2 Å². The van der Waals surface area contributed by atoms with E-state index < -0.39 is 41.7 Å². The van der Waals surface area contributed by atoms with Crippen molar-refractivity contribution in [2.24, 2.45) is 0 Å². The zero-order valence-electron chi connectivity index (χ0n) is 39.1. The Morgan fingerprint density at radius 1 is 0.827 bits per heavy atom. The maximum absolute atomic E-state index is 12.8. The molecule has 0 aliphatic carbocycles. The van der Waals surface area contributed by atoms with Gasteiger partial charge in [-0.1, -0.05) is 6.07 Å². The quantitative estimate of drug-likeness (QED) is 0.103. The molecule has 2 aliphatic heterocycles. The molecule has 3 aromatic carbocycles. The SMILES string of the molecule is [2H]C([2H])(Oc1ccc(N)cc1)C([2H])([2H])N1CCCC1.[2H]C([2H])(Oc1ccc(Nc2ncc(C)c(Nc3cccc(S(=O)(=O)NC(C)(C)C)c3)n2)cc1)C([2H])([2H])N1CCCC1.[3H-]. The van der Waals surface area contributed by atoms with Crippen LogP contribution < -0.4 is 30.6 Å². The molecule has 13 heteroatoms. The van der Waals surface area contributed by atoms with Crippen molar-refractivity contribution in [3.05, 3.63) is 84.6 Å². The van der Waals surface area contributed by atoms with Crippen molar-refractivity contribution >= 4 is 38.9 Å². The van der Waals surface area contributed by atoms with E-state index in [1.807, 2.05) is 6.92 Å². The summed E-state index contributed by atoms with van der Waals surface area (Å²) in [4.78, 5) is 11.9. The summed E-state index contributed by atoms with van der Waals surface area (Å²) in [6.45, 7) is -0.158. The van der Waals surface area contributed by atoms with Crippen molar-refractivity contribution in [2.75, 3.05) is 68.7 Å². The molecular weight excluding hydrogens is 677 g/mol. The van der Waals surface area contributed by atoms with Gasteiger partial charge >= 0.3 is 0 Å². The van der Waals surface area contributed by atoms with Crippen molar-refractivity contribution in [3.8, 4) is 11.5 Å². The molecule has 3 heterocycles. The Kier molecular flexibility index (Phi) is 10.3. The zero-order valence-corrected chi connectivity index (χ0v) is 30.9. The van der Waals surface area contributed by atoms with Gasteiger partial charge in [0.05, 0.1) is 10.4 Å². The fourth-order valence-electron chi connectivity index (χ4n) is 5.19. The van der Waals surface area contributed by atoms with Gasteiger partial charge in [0.1, 0.15) is 30.4 Å². The van der Waals surface area contributed by atoms with Crippen molar-refractivity contribution in [2.45, 2.75) is 63.8 Å². The summed E-state index contributed by atoms with van der Waals surface area (Å²) in [7, 11) is -3.71. The number of hydrogen-bond acceptors (Lipinski definition) is 11. The minimum atomic E-state index is -3.71. The Balaban J connectivity index is 0.000000343. The fourth-order valence-corrected chi connectivity index (χ4v) is 6.65. The molecule has 2 fully saturated rings. The lowest BCUT2D eigenvalue weighted by Crippen LogP contribution is -2.40. The molecule has 0 radical (unpaired) electrons. The van der Waals surface area contributed by atoms with E-state index in [1.54, 1.807) is 75.5 Å². The molecule has 5 N–H and O–H groups in total. The molecule has 2 aliphatic rings. The molecule has 2 saturated heterocycles. The molecule has 0 spiro atoms. The smallest absolute Gasteiger partial charge is 0.241 e. The highest BCUT2D eigenvalue weighted by Gasteiger charge is 2.22. The Labute approximate surface area is 321 Å². The van der Waals surface area contributed by atoms with Crippen LogP contribution in [0.3, 0.4) is 0 Å². The molecule has 6 rings (SSSR count). The van der Waals surface area contributed by atoms with Gasteiger partial charge in [-0.2, -0.15) is 4.98 Å². The van der Waals surface area contributed by atoms with Crippen LogP contribution in [-0.4, -0.2) is 86.0 Å². The summed E-state index contributed by atoms with van der Waals surface area (Å²) in [5.41, 5.74) is 7.37. The number of likely N-dealkylation sites (tertiary alicyclic amines) is 2. The molecular formula is C39H55N8O4S-. The molecule has 52 heavy (non-hydrogen) atoms. The van der Waals surface area contributed by atoms with Crippen molar-refractivity contribution in [3.63, 3.8) is 0 Å². The van der Waals surface area contributed by atoms with Crippen molar-refractivity contribution in [1.29, 1.82) is 0 Å². The number of benzene rings is 3. The highest BCUT2D eigenvalue weighted by atomic mass is 32.2. The predicted octanol–water partition coefficient (Wildman–Crippen LogP) is 6.68. The first-order chi connectivity index (χ1) is 27.9. The van der Waals surface area contributed by atoms with Gasteiger partial charge in [-0.3, -0.25) is 9.80 Å². The largest absolute Gasteiger partial charge is 1.00 e. The van der Waals surface area contributed by atoms with Crippen LogP contribution in [0.25, 0.3) is 0 Å². The summed E-state index contributed by atoms with van der Waals surface area (Å²) in [5, 5.41) is 6.25. The number of aromatic nitrogens is 2. The van der Waals surface area contributed by atoms with Gasteiger partial charge in [0.25, 0.3) is 0 Å². The third kappa shape index (κ3) is 12.7. The molecule has 0 unspecified atom stereocenters. The van der Waals surface area contributed by atoms with Gasteiger partial charge in [0.2, 0.25) is 16.0 Å². The number of nitrogens with one attached hydrogen (secondary N) is 3. The number of ether oxygens (including phenoxy) is 2. The molecule has 0 amide bonds. The number of nitrogens with zero attached hydrogens (tertiary/aromatic N) is 4. The Morgan fingerprint density at radius 3 is 1.94 bits per heavy atom. The van der Waals surface area contributed by atoms with Crippen molar-refractivity contribution < 1.29 is 30.3 Å². The first kappa shape index (κ1) is 29.1. The summed E-state index contributed by atoms with van der Waals surface area (Å²) in [6.07, 6.45) is 5.07. The van der Waals surface area contributed by atoms with E-state index in [-0.39, 0.29) is 23.8 Å². The monoisotopic (exact) mass is 741 g/mol. The maximum Gasteiger partial charge on any atom is 0.241 e. The molecule has 4 aromatic rings. The number of anilines is 5. The molecule has 0 bridgehead atoms. The lowest BCUT2D eigenvalue weighted by molar-refractivity contribution is 0.237. The van der Waals surface area contributed by atoms with Crippen LogP contribution in [0.2, 0.25) is 0 Å². The minimum Gasteiger partial charge on any atom is -1.00 e. The van der Waals surface area contributed by atoms with E-state index in [1.165, 1.54) is 34.1 Å². The van der Waals surface area contributed by atoms with Crippen LogP contribution in [-0.2, 0) is 10.0 Å². The normalized spacial score (nSPS) is 18.5. The fraction of sp³-hybridized carbons (Fsp3) is 0.436. The standard InChI is InChI=1S/C27H36N6O3S.C12H18N2O.H/c1-20-19-28-26(30-21-10-12-23(13-11-21)36-17-16-33-14-5-6-15-33)31-25(20)29-22-8-7-9-24(18-22)37(34,35)32-27(2,3)4;13-11-3-5-12(6-4-11)15-10-9-14-7-1-2-8-14;/h7-13,18-19,32H,5-6,14-17H2,1-4H3,(H2,28,29,30,31);3-6H,1-2,7-10,13H2;/q;;-1/i16D2,17D2;9D2,10D2;1+2. The predicted molar refractivity (Wildman–Crippen MR) is 211 cm³/mol. The van der Waals surface area contributed by atoms with E-state index in [9.17, 15) is 8.42 Å². The number of rotatable bonds is 14.